The topological polar surface area (TPSA) is 95.0 Å². The van der Waals surface area contributed by atoms with Crippen molar-refractivity contribution in [2.45, 2.75) is 37.8 Å². The highest BCUT2D eigenvalue weighted by Gasteiger charge is 2.40. The number of nitrogen functional groups attached to an aromatic ring is 1. The number of imidazole rings is 1. The summed E-state index contributed by atoms with van der Waals surface area (Å²) >= 11 is 0. The number of ether oxygens (including phenoxy) is 2. The molecule has 2 aromatic heterocycles. The standard InChI is InChI=1S/C29H26FN5O3/c1-34(28(36)20-11-23-22(12-21(20)30)33-27(31)24-13-32-16-35(23)24)25-14-37-26-10-17(2-3-19(25)26)4-7-29-8-5-18(6-9-29)38-15-29/h2-3,10-13,16,18,25H,5-6,8-9,14-15H2,1H3,(H2,31,33). The van der Waals surface area contributed by atoms with Gasteiger partial charge in [0.05, 0.1) is 53.3 Å². The van der Waals surface area contributed by atoms with Gasteiger partial charge in [-0.25, -0.2) is 14.4 Å². The molecule has 0 radical (unpaired) electrons. The number of amides is 1. The van der Waals surface area contributed by atoms with E-state index in [1.54, 1.807) is 24.0 Å². The van der Waals surface area contributed by atoms with Crippen LogP contribution in [0.25, 0.3) is 16.6 Å². The van der Waals surface area contributed by atoms with Crippen molar-refractivity contribution in [3.63, 3.8) is 0 Å². The lowest BCUT2D eigenvalue weighted by molar-refractivity contribution is -0.0893. The minimum Gasteiger partial charge on any atom is -0.491 e. The number of hydrogen-bond acceptors (Lipinski definition) is 6. The van der Waals surface area contributed by atoms with Gasteiger partial charge in [-0.05, 0) is 43.9 Å². The van der Waals surface area contributed by atoms with E-state index in [1.165, 1.54) is 17.0 Å². The first kappa shape index (κ1) is 23.0. The summed E-state index contributed by atoms with van der Waals surface area (Å²) in [4.78, 5) is 23.4. The van der Waals surface area contributed by atoms with Crippen LogP contribution in [0.3, 0.4) is 0 Å². The van der Waals surface area contributed by atoms with Gasteiger partial charge in [-0.3, -0.25) is 9.20 Å². The number of likely N-dealkylation sites (N-methyl/N-ethyl adjacent to an activating group) is 1. The van der Waals surface area contributed by atoms with Crippen LogP contribution >= 0.6 is 0 Å². The molecule has 8 nitrogen and oxygen atoms in total. The number of nitrogens with two attached hydrogens (primary N) is 1. The van der Waals surface area contributed by atoms with Gasteiger partial charge < -0.3 is 20.1 Å². The lowest BCUT2D eigenvalue weighted by Gasteiger charge is -2.43. The molecule has 0 spiro atoms. The Labute approximate surface area is 218 Å². The highest BCUT2D eigenvalue weighted by molar-refractivity contribution is 5.98. The molecule has 4 aromatic rings. The van der Waals surface area contributed by atoms with E-state index in [4.69, 9.17) is 15.2 Å². The maximum absolute atomic E-state index is 15.1. The number of anilines is 1. The molecule has 2 bridgehead atoms. The third-order valence-electron chi connectivity index (χ3n) is 8.21. The number of carbonyl (C=O) groups is 1. The summed E-state index contributed by atoms with van der Waals surface area (Å²) in [5.74, 6) is 6.64. The second-order valence-corrected chi connectivity index (χ2v) is 10.5. The van der Waals surface area contributed by atoms with Crippen molar-refractivity contribution in [1.29, 1.82) is 0 Å². The fourth-order valence-corrected chi connectivity index (χ4v) is 5.88. The molecule has 4 aliphatic rings. The first-order chi connectivity index (χ1) is 18.4. The zero-order valence-corrected chi connectivity index (χ0v) is 20.9. The highest BCUT2D eigenvalue weighted by Crippen LogP contribution is 2.43. The molecule has 2 N–H and O–H groups in total. The third-order valence-corrected chi connectivity index (χ3v) is 8.21. The highest BCUT2D eigenvalue weighted by atomic mass is 19.1. The number of aromatic nitrogens is 3. The average Bonchev–Trinajstić information content (AvgIpc) is 3.60. The summed E-state index contributed by atoms with van der Waals surface area (Å²) in [5.41, 5.74) is 9.11. The summed E-state index contributed by atoms with van der Waals surface area (Å²) in [7, 11) is 1.66. The Hall–Kier alpha value is -4.16. The van der Waals surface area contributed by atoms with Gasteiger partial charge >= 0.3 is 0 Å². The maximum Gasteiger partial charge on any atom is 0.257 e. The molecular weight excluding hydrogens is 485 g/mol. The van der Waals surface area contributed by atoms with Crippen molar-refractivity contribution in [3.8, 4) is 17.6 Å². The SMILES string of the molecule is CN(C(=O)c1cc2c(cc1F)nc(N)c1cncn12)C1COc2cc(C#CC34CCC(CC3)OC4)ccc21. The van der Waals surface area contributed by atoms with E-state index in [9.17, 15) is 4.79 Å². The van der Waals surface area contributed by atoms with Crippen LogP contribution < -0.4 is 10.5 Å². The van der Waals surface area contributed by atoms with Crippen LogP contribution in [-0.2, 0) is 4.74 Å². The molecule has 5 heterocycles. The first-order valence-corrected chi connectivity index (χ1v) is 12.8. The Balaban J connectivity index is 1.16. The van der Waals surface area contributed by atoms with E-state index in [0.29, 0.717) is 35.0 Å². The summed E-state index contributed by atoms with van der Waals surface area (Å²) in [6.45, 7) is 0.995. The van der Waals surface area contributed by atoms with Crippen LogP contribution in [0.1, 0.15) is 53.2 Å². The lowest BCUT2D eigenvalue weighted by Crippen LogP contribution is -2.41. The Morgan fingerprint density at radius 3 is 2.87 bits per heavy atom. The third kappa shape index (κ3) is 3.59. The molecule has 192 valence electrons. The number of halogens is 1. The molecule has 8 rings (SSSR count). The van der Waals surface area contributed by atoms with E-state index in [1.807, 2.05) is 18.2 Å². The maximum atomic E-state index is 15.1. The van der Waals surface area contributed by atoms with Crippen molar-refractivity contribution in [2.24, 2.45) is 5.41 Å². The second-order valence-electron chi connectivity index (χ2n) is 10.5. The first-order valence-electron chi connectivity index (χ1n) is 12.8. The van der Waals surface area contributed by atoms with Gasteiger partial charge in [-0.1, -0.05) is 17.9 Å². The molecule has 3 fully saturated rings. The Kier molecular flexibility index (Phi) is 5.10. The van der Waals surface area contributed by atoms with Crippen LogP contribution in [0.4, 0.5) is 10.2 Å². The fourth-order valence-electron chi connectivity index (χ4n) is 5.88. The van der Waals surface area contributed by atoms with Gasteiger partial charge in [0.2, 0.25) is 0 Å². The summed E-state index contributed by atoms with van der Waals surface area (Å²) in [6, 6.07) is 8.22. The van der Waals surface area contributed by atoms with E-state index in [-0.39, 0.29) is 29.4 Å². The normalized spacial score (nSPS) is 23.6. The van der Waals surface area contributed by atoms with Crippen molar-refractivity contribution in [3.05, 3.63) is 65.4 Å². The Bertz CT molecular complexity index is 1660. The fraction of sp³-hybridized carbons (Fsp3) is 0.345. The molecule has 1 saturated carbocycles. The van der Waals surface area contributed by atoms with Gasteiger partial charge in [0, 0.05) is 24.2 Å². The number of nitrogens with zero attached hydrogens (tertiary/aromatic N) is 4. The number of rotatable bonds is 2. The zero-order valence-electron chi connectivity index (χ0n) is 20.9. The summed E-state index contributed by atoms with van der Waals surface area (Å²) < 4.78 is 28.7. The van der Waals surface area contributed by atoms with Gasteiger partial charge in [0.15, 0.2) is 0 Å². The molecule has 2 aromatic carbocycles. The molecule has 2 saturated heterocycles. The van der Waals surface area contributed by atoms with Gasteiger partial charge in [-0.15, -0.1) is 0 Å². The minimum absolute atomic E-state index is 0.0444. The molecule has 9 heteroatoms. The molecule has 1 unspecified atom stereocenters. The van der Waals surface area contributed by atoms with E-state index in [0.717, 1.165) is 36.8 Å². The number of carbonyl (C=O) groups excluding carboxylic acids is 1. The van der Waals surface area contributed by atoms with E-state index >= 15 is 4.39 Å². The number of benzene rings is 2. The second kappa shape index (κ2) is 8.43. The van der Waals surface area contributed by atoms with Crippen molar-refractivity contribution in [1.82, 2.24) is 19.3 Å². The largest absolute Gasteiger partial charge is 0.491 e. The summed E-state index contributed by atoms with van der Waals surface area (Å²) in [6.07, 6.45) is 7.90. The molecule has 1 aliphatic carbocycles. The molecular formula is C29H26FN5O3. The zero-order chi connectivity index (χ0) is 26.0. The van der Waals surface area contributed by atoms with Crippen LogP contribution in [0.15, 0.2) is 42.9 Å². The van der Waals surface area contributed by atoms with Crippen LogP contribution in [0.2, 0.25) is 0 Å². The monoisotopic (exact) mass is 511 g/mol. The van der Waals surface area contributed by atoms with Gasteiger partial charge in [0.1, 0.15) is 29.5 Å². The molecule has 1 atom stereocenters. The van der Waals surface area contributed by atoms with Crippen molar-refractivity contribution in [2.75, 3.05) is 26.0 Å². The molecule has 1 amide bonds. The smallest absolute Gasteiger partial charge is 0.257 e. The Morgan fingerprint density at radius 2 is 2.08 bits per heavy atom. The molecule has 3 aliphatic heterocycles. The predicted octanol–water partition coefficient (Wildman–Crippen LogP) is 4.12. The van der Waals surface area contributed by atoms with Gasteiger partial charge in [-0.2, -0.15) is 0 Å². The average molecular weight is 512 g/mol. The van der Waals surface area contributed by atoms with E-state index in [2.05, 4.69) is 21.8 Å². The minimum atomic E-state index is -0.662. The summed E-state index contributed by atoms with van der Waals surface area (Å²) in [5, 5.41) is 0. The van der Waals surface area contributed by atoms with Gasteiger partial charge in [0.25, 0.3) is 5.91 Å². The molecule has 38 heavy (non-hydrogen) atoms. The van der Waals surface area contributed by atoms with Crippen molar-refractivity contribution < 1.29 is 18.7 Å². The van der Waals surface area contributed by atoms with E-state index < -0.39 is 11.7 Å². The predicted molar refractivity (Wildman–Crippen MR) is 139 cm³/mol. The van der Waals surface area contributed by atoms with Crippen LogP contribution in [0, 0.1) is 23.1 Å². The van der Waals surface area contributed by atoms with Crippen LogP contribution in [-0.4, -0.2) is 51.5 Å². The lowest BCUT2D eigenvalue weighted by atomic mass is 9.71. The van der Waals surface area contributed by atoms with Crippen molar-refractivity contribution >= 4 is 28.3 Å². The van der Waals surface area contributed by atoms with Crippen LogP contribution in [0.5, 0.6) is 5.75 Å². The Morgan fingerprint density at radius 1 is 1.24 bits per heavy atom. The number of hydrogen-bond donors (Lipinski definition) is 1. The quantitative estimate of drug-likeness (QED) is 0.407. The number of fused-ring (bicyclic) bond motifs is 7.